The van der Waals surface area contributed by atoms with Crippen molar-refractivity contribution in [3.8, 4) is 0 Å². The van der Waals surface area contributed by atoms with Gasteiger partial charge in [0, 0.05) is 18.6 Å². The molecule has 0 aromatic heterocycles. The maximum atomic E-state index is 13.7. The van der Waals surface area contributed by atoms with Crippen LogP contribution in [0, 0.1) is 5.82 Å². The van der Waals surface area contributed by atoms with Gasteiger partial charge in [-0.3, -0.25) is 4.79 Å². The molecule has 1 heterocycles. The molecule has 2 aliphatic rings. The third-order valence-corrected chi connectivity index (χ3v) is 5.20. The van der Waals surface area contributed by atoms with Crippen molar-refractivity contribution >= 4 is 17.5 Å². The summed E-state index contributed by atoms with van der Waals surface area (Å²) >= 11 is 6.04. The van der Waals surface area contributed by atoms with Gasteiger partial charge in [0.05, 0.1) is 10.6 Å². The summed E-state index contributed by atoms with van der Waals surface area (Å²) in [5, 5.41) is 3.27. The molecule has 5 heteroatoms. The highest BCUT2D eigenvalue weighted by atomic mass is 35.5. The number of rotatable bonds is 3. The van der Waals surface area contributed by atoms with E-state index in [1.54, 1.807) is 12.1 Å². The first-order chi connectivity index (χ1) is 10.7. The Kier molecular flexibility index (Phi) is 4.99. The molecule has 1 aromatic rings. The van der Waals surface area contributed by atoms with E-state index in [1.165, 1.54) is 12.5 Å². The molecule has 3 nitrogen and oxygen atoms in total. The predicted octanol–water partition coefficient (Wildman–Crippen LogP) is 3.62. The van der Waals surface area contributed by atoms with Gasteiger partial charge in [0.25, 0.3) is 5.91 Å². The van der Waals surface area contributed by atoms with E-state index in [1.807, 2.05) is 4.90 Å². The van der Waals surface area contributed by atoms with Gasteiger partial charge in [0.15, 0.2) is 0 Å². The molecule has 1 saturated heterocycles. The van der Waals surface area contributed by atoms with E-state index in [9.17, 15) is 9.18 Å². The summed E-state index contributed by atoms with van der Waals surface area (Å²) < 4.78 is 13.7. The van der Waals surface area contributed by atoms with Crippen LogP contribution in [-0.4, -0.2) is 36.0 Å². The Morgan fingerprint density at radius 3 is 2.64 bits per heavy atom. The molecule has 1 amide bonds. The maximum absolute atomic E-state index is 13.7. The summed E-state index contributed by atoms with van der Waals surface area (Å²) in [4.78, 5) is 15.0. The van der Waals surface area contributed by atoms with Crippen molar-refractivity contribution < 1.29 is 9.18 Å². The van der Waals surface area contributed by atoms with Gasteiger partial charge in [-0.15, -0.1) is 0 Å². The van der Waals surface area contributed by atoms with Crippen molar-refractivity contribution in [2.45, 2.75) is 50.6 Å². The van der Waals surface area contributed by atoms with Crippen LogP contribution in [0.25, 0.3) is 0 Å². The molecular weight excluding hydrogens is 303 g/mol. The van der Waals surface area contributed by atoms with Crippen molar-refractivity contribution in [1.82, 2.24) is 10.2 Å². The van der Waals surface area contributed by atoms with Gasteiger partial charge in [-0.25, -0.2) is 4.39 Å². The SMILES string of the molecule is O=C(c1cccc(F)c1Cl)N(C1CCCCC1)[C@H]1CCNC1. The van der Waals surface area contributed by atoms with Crippen LogP contribution in [0.1, 0.15) is 48.9 Å². The highest BCUT2D eigenvalue weighted by molar-refractivity contribution is 6.34. The number of carbonyl (C=O) groups excluding carboxylic acids is 1. The highest BCUT2D eigenvalue weighted by Gasteiger charge is 2.34. The number of nitrogens with zero attached hydrogens (tertiary/aromatic N) is 1. The van der Waals surface area contributed by atoms with Gasteiger partial charge in [0.2, 0.25) is 0 Å². The minimum absolute atomic E-state index is 0.0562. The Bertz CT molecular complexity index is 539. The largest absolute Gasteiger partial charge is 0.331 e. The normalized spacial score (nSPS) is 22.7. The van der Waals surface area contributed by atoms with E-state index in [2.05, 4.69) is 5.32 Å². The summed E-state index contributed by atoms with van der Waals surface area (Å²) in [5.74, 6) is -0.647. The van der Waals surface area contributed by atoms with Crippen LogP contribution in [0.3, 0.4) is 0 Å². The fourth-order valence-corrected chi connectivity index (χ4v) is 3.88. The fraction of sp³-hybridized carbons (Fsp3) is 0.588. The first-order valence-electron chi connectivity index (χ1n) is 8.16. The third-order valence-electron chi connectivity index (χ3n) is 4.81. The zero-order chi connectivity index (χ0) is 15.5. The lowest BCUT2D eigenvalue weighted by Crippen LogP contribution is -2.49. The summed E-state index contributed by atoms with van der Waals surface area (Å²) in [6.45, 7) is 1.74. The van der Waals surface area contributed by atoms with Crippen LogP contribution in [0.2, 0.25) is 5.02 Å². The summed E-state index contributed by atoms with van der Waals surface area (Å²) in [6.07, 6.45) is 6.58. The second-order valence-electron chi connectivity index (χ2n) is 6.25. The summed E-state index contributed by atoms with van der Waals surface area (Å²) in [6, 6.07) is 4.92. The lowest BCUT2D eigenvalue weighted by molar-refractivity contribution is 0.0534. The molecule has 22 heavy (non-hydrogen) atoms. The zero-order valence-corrected chi connectivity index (χ0v) is 13.4. The first-order valence-corrected chi connectivity index (χ1v) is 8.53. The molecule has 1 aromatic carbocycles. The second kappa shape index (κ2) is 6.97. The molecule has 0 radical (unpaired) electrons. The first kappa shape index (κ1) is 15.8. The van der Waals surface area contributed by atoms with E-state index in [0.717, 1.165) is 45.2 Å². The Hall–Kier alpha value is -1.13. The molecule has 0 bridgehead atoms. The van der Waals surface area contributed by atoms with E-state index < -0.39 is 5.82 Å². The van der Waals surface area contributed by atoms with Gasteiger partial charge in [0.1, 0.15) is 5.82 Å². The van der Waals surface area contributed by atoms with Crippen molar-refractivity contribution in [1.29, 1.82) is 0 Å². The average Bonchev–Trinajstić information content (AvgIpc) is 3.05. The van der Waals surface area contributed by atoms with Gasteiger partial charge in [-0.05, 0) is 37.9 Å². The monoisotopic (exact) mass is 324 g/mol. The average molecular weight is 325 g/mol. The molecule has 1 atom stereocenters. The molecule has 0 unspecified atom stereocenters. The lowest BCUT2D eigenvalue weighted by Gasteiger charge is -2.38. The van der Waals surface area contributed by atoms with Gasteiger partial charge in [-0.2, -0.15) is 0 Å². The van der Waals surface area contributed by atoms with Crippen molar-refractivity contribution in [3.63, 3.8) is 0 Å². The Morgan fingerprint density at radius 2 is 1.95 bits per heavy atom. The number of hydrogen-bond donors (Lipinski definition) is 1. The van der Waals surface area contributed by atoms with Crippen LogP contribution >= 0.6 is 11.6 Å². The number of hydrogen-bond acceptors (Lipinski definition) is 2. The van der Waals surface area contributed by atoms with E-state index in [4.69, 9.17) is 11.6 Å². The standard InChI is InChI=1S/C17H22ClFN2O/c18-16-14(7-4-8-15(16)19)17(22)21(13-9-10-20-11-13)12-5-2-1-3-6-12/h4,7-8,12-13,20H,1-3,5-6,9-11H2/t13-/m0/s1. The van der Waals surface area contributed by atoms with Crippen molar-refractivity contribution in [3.05, 3.63) is 34.6 Å². The Labute approximate surface area is 135 Å². The van der Waals surface area contributed by atoms with E-state index >= 15 is 0 Å². The number of amides is 1. The molecule has 1 aliphatic heterocycles. The van der Waals surface area contributed by atoms with Crippen LogP contribution in [0.4, 0.5) is 4.39 Å². The lowest BCUT2D eigenvalue weighted by atomic mass is 9.92. The molecule has 3 rings (SSSR count). The second-order valence-corrected chi connectivity index (χ2v) is 6.63. The number of benzene rings is 1. The minimum atomic E-state index is -0.527. The quantitative estimate of drug-likeness (QED) is 0.921. The van der Waals surface area contributed by atoms with Gasteiger partial charge in [-0.1, -0.05) is 36.9 Å². The molecule has 1 N–H and O–H groups in total. The Balaban J connectivity index is 1.90. The molecule has 0 spiro atoms. The maximum Gasteiger partial charge on any atom is 0.256 e. The molecule has 2 fully saturated rings. The summed E-state index contributed by atoms with van der Waals surface area (Å²) in [5.41, 5.74) is 0.291. The topological polar surface area (TPSA) is 32.3 Å². The smallest absolute Gasteiger partial charge is 0.256 e. The van der Waals surface area contributed by atoms with Gasteiger partial charge >= 0.3 is 0 Å². The molecule has 120 valence electrons. The van der Waals surface area contributed by atoms with Crippen molar-refractivity contribution in [2.24, 2.45) is 0 Å². The van der Waals surface area contributed by atoms with E-state index in [0.29, 0.717) is 5.56 Å². The molecular formula is C17H22ClFN2O. The van der Waals surface area contributed by atoms with Crippen LogP contribution in [0.5, 0.6) is 0 Å². The number of carbonyl (C=O) groups is 1. The highest BCUT2D eigenvalue weighted by Crippen LogP contribution is 2.29. The van der Waals surface area contributed by atoms with Crippen molar-refractivity contribution in [2.75, 3.05) is 13.1 Å². The third kappa shape index (κ3) is 3.13. The zero-order valence-electron chi connectivity index (χ0n) is 12.7. The van der Waals surface area contributed by atoms with Gasteiger partial charge < -0.3 is 10.2 Å². The van der Waals surface area contributed by atoms with E-state index in [-0.39, 0.29) is 23.0 Å². The van der Waals surface area contributed by atoms with Crippen LogP contribution in [0.15, 0.2) is 18.2 Å². The number of halogens is 2. The number of nitrogens with one attached hydrogen (secondary N) is 1. The fourth-order valence-electron chi connectivity index (χ4n) is 3.67. The predicted molar refractivity (Wildman–Crippen MR) is 85.7 cm³/mol. The molecule has 1 aliphatic carbocycles. The molecule has 1 saturated carbocycles. The Morgan fingerprint density at radius 1 is 1.18 bits per heavy atom. The van der Waals surface area contributed by atoms with Crippen LogP contribution < -0.4 is 5.32 Å². The summed E-state index contributed by atoms with van der Waals surface area (Å²) in [7, 11) is 0. The minimum Gasteiger partial charge on any atom is -0.331 e. The van der Waals surface area contributed by atoms with Crippen LogP contribution in [-0.2, 0) is 0 Å².